The predicted octanol–water partition coefficient (Wildman–Crippen LogP) is 1.92. The predicted molar refractivity (Wildman–Crippen MR) is 81.3 cm³/mol. The van der Waals surface area contributed by atoms with Crippen LogP contribution < -0.4 is 10.1 Å². The lowest BCUT2D eigenvalue weighted by atomic mass is 10.2. The largest absolute Gasteiger partial charge is 0.496 e. The number of hydrogen-bond acceptors (Lipinski definition) is 5. The van der Waals surface area contributed by atoms with Gasteiger partial charge in [0.25, 0.3) is 0 Å². The minimum atomic E-state index is -0.269. The molecule has 0 saturated heterocycles. The molecule has 1 aromatic carbocycles. The first-order chi connectivity index (χ1) is 10.1. The summed E-state index contributed by atoms with van der Waals surface area (Å²) in [5.74, 6) is 1.44. The molecule has 0 spiro atoms. The number of carbonyl (C=O) groups is 1. The Kier molecular flexibility index (Phi) is 5.21. The van der Waals surface area contributed by atoms with Crippen molar-refractivity contribution in [1.29, 1.82) is 0 Å². The molecule has 2 aromatic rings. The lowest BCUT2D eigenvalue weighted by Crippen LogP contribution is -2.30. The Morgan fingerprint density at radius 3 is 2.90 bits per heavy atom. The maximum absolute atomic E-state index is 12.1. The number of nitrogens with zero attached hydrogens (tertiary/aromatic N) is 2. The fraction of sp³-hybridized carbons (Fsp3) is 0.357. The number of nitrogens with one attached hydrogen (secondary N) is 2. The zero-order valence-electron chi connectivity index (χ0n) is 12.2. The van der Waals surface area contributed by atoms with Crippen molar-refractivity contribution in [1.82, 2.24) is 20.5 Å². The maximum atomic E-state index is 12.1. The van der Waals surface area contributed by atoms with Gasteiger partial charge in [-0.25, -0.2) is 4.98 Å². The second kappa shape index (κ2) is 7.12. The summed E-state index contributed by atoms with van der Waals surface area (Å²) in [4.78, 5) is 16.3. The van der Waals surface area contributed by atoms with Gasteiger partial charge in [0.1, 0.15) is 11.6 Å². The lowest BCUT2D eigenvalue weighted by Gasteiger charge is -2.12. The number of aromatic nitrogens is 3. The third-order valence-corrected chi connectivity index (χ3v) is 3.83. The highest BCUT2D eigenvalue weighted by molar-refractivity contribution is 8.00. The topological polar surface area (TPSA) is 79.9 Å². The number of aromatic amines is 1. The van der Waals surface area contributed by atoms with Gasteiger partial charge in [-0.05, 0) is 19.9 Å². The van der Waals surface area contributed by atoms with Crippen molar-refractivity contribution in [3.8, 4) is 5.75 Å². The number of rotatable bonds is 6. The average Bonchev–Trinajstić information content (AvgIpc) is 2.90. The molecule has 1 atom stereocenters. The molecular weight excluding hydrogens is 288 g/mol. The van der Waals surface area contributed by atoms with Crippen LogP contribution in [0.3, 0.4) is 0 Å². The molecule has 7 heteroatoms. The highest BCUT2D eigenvalue weighted by Gasteiger charge is 2.16. The molecule has 1 amide bonds. The number of hydrogen-bond donors (Lipinski definition) is 2. The highest BCUT2D eigenvalue weighted by Crippen LogP contribution is 2.20. The van der Waals surface area contributed by atoms with Crippen molar-refractivity contribution in [2.75, 3.05) is 7.11 Å². The number of ether oxygens (including phenoxy) is 1. The second-order valence-electron chi connectivity index (χ2n) is 4.49. The van der Waals surface area contributed by atoms with Crippen LogP contribution in [0.2, 0.25) is 0 Å². The van der Waals surface area contributed by atoms with Crippen LogP contribution in [0.4, 0.5) is 0 Å². The fourth-order valence-corrected chi connectivity index (χ4v) is 2.56. The smallest absolute Gasteiger partial charge is 0.233 e. The van der Waals surface area contributed by atoms with E-state index in [1.807, 2.05) is 38.1 Å². The number of methoxy groups -OCH3 is 1. The number of amides is 1. The first kappa shape index (κ1) is 15.4. The molecule has 1 unspecified atom stereocenters. The van der Waals surface area contributed by atoms with Gasteiger partial charge in [-0.15, -0.1) is 5.10 Å². The van der Waals surface area contributed by atoms with Crippen LogP contribution in [0, 0.1) is 6.92 Å². The molecule has 0 aliphatic rings. The number of thioether (sulfide) groups is 1. The monoisotopic (exact) mass is 306 g/mol. The van der Waals surface area contributed by atoms with E-state index in [0.29, 0.717) is 11.7 Å². The lowest BCUT2D eigenvalue weighted by molar-refractivity contribution is -0.120. The SMILES string of the molecule is COc1ccccc1CNC(=O)C(C)Sc1n[nH]c(C)n1. The van der Waals surface area contributed by atoms with Crippen molar-refractivity contribution < 1.29 is 9.53 Å². The summed E-state index contributed by atoms with van der Waals surface area (Å²) in [5.41, 5.74) is 0.944. The van der Waals surface area contributed by atoms with Crippen LogP contribution >= 0.6 is 11.8 Å². The Bertz CT molecular complexity index is 615. The van der Waals surface area contributed by atoms with Gasteiger partial charge in [0.15, 0.2) is 0 Å². The Labute approximate surface area is 127 Å². The van der Waals surface area contributed by atoms with E-state index in [1.54, 1.807) is 7.11 Å². The zero-order chi connectivity index (χ0) is 15.2. The number of H-pyrrole nitrogens is 1. The first-order valence-corrected chi connectivity index (χ1v) is 7.43. The van der Waals surface area contributed by atoms with Gasteiger partial charge in [0.2, 0.25) is 11.1 Å². The standard InChI is InChI=1S/C14H18N4O2S/c1-9(21-14-16-10(2)17-18-14)13(19)15-8-11-6-4-5-7-12(11)20-3/h4-7,9H,8H2,1-3H3,(H,15,19)(H,16,17,18). The van der Waals surface area contributed by atoms with Crippen LogP contribution in [0.25, 0.3) is 0 Å². The quantitative estimate of drug-likeness (QED) is 0.797. The zero-order valence-corrected chi connectivity index (χ0v) is 13.0. The minimum absolute atomic E-state index is 0.0617. The molecule has 6 nitrogen and oxygen atoms in total. The molecule has 0 bridgehead atoms. The van der Waals surface area contributed by atoms with E-state index in [1.165, 1.54) is 11.8 Å². The number of aryl methyl sites for hydroxylation is 1. The average molecular weight is 306 g/mol. The number of para-hydroxylation sites is 1. The van der Waals surface area contributed by atoms with Crippen molar-refractivity contribution in [2.45, 2.75) is 30.8 Å². The van der Waals surface area contributed by atoms with E-state index in [0.717, 1.165) is 17.1 Å². The summed E-state index contributed by atoms with van der Waals surface area (Å²) in [6.45, 7) is 4.08. The summed E-state index contributed by atoms with van der Waals surface area (Å²) in [7, 11) is 1.62. The summed E-state index contributed by atoms with van der Waals surface area (Å²) in [6, 6.07) is 7.61. The van der Waals surface area contributed by atoms with Gasteiger partial charge in [-0.2, -0.15) is 0 Å². The van der Waals surface area contributed by atoms with Crippen molar-refractivity contribution in [2.24, 2.45) is 0 Å². The summed E-state index contributed by atoms with van der Waals surface area (Å²) in [5, 5.41) is 9.97. The molecule has 0 fully saturated rings. The molecule has 2 rings (SSSR count). The van der Waals surface area contributed by atoms with E-state index in [9.17, 15) is 4.79 Å². The molecule has 0 saturated carbocycles. The molecule has 2 N–H and O–H groups in total. The van der Waals surface area contributed by atoms with Crippen molar-refractivity contribution in [3.05, 3.63) is 35.7 Å². The fourth-order valence-electron chi connectivity index (χ4n) is 1.76. The summed E-state index contributed by atoms with van der Waals surface area (Å²) in [6.07, 6.45) is 0. The third kappa shape index (κ3) is 4.22. The normalized spacial score (nSPS) is 12.0. The Hall–Kier alpha value is -2.02. The number of carbonyl (C=O) groups excluding carboxylic acids is 1. The highest BCUT2D eigenvalue weighted by atomic mass is 32.2. The molecule has 0 aliphatic heterocycles. The minimum Gasteiger partial charge on any atom is -0.496 e. The third-order valence-electron chi connectivity index (χ3n) is 2.87. The molecule has 1 aromatic heterocycles. The Morgan fingerprint density at radius 1 is 1.48 bits per heavy atom. The molecular formula is C14H18N4O2S. The molecule has 0 aliphatic carbocycles. The van der Waals surface area contributed by atoms with Gasteiger partial charge in [0, 0.05) is 12.1 Å². The van der Waals surface area contributed by atoms with Crippen LogP contribution in [-0.2, 0) is 11.3 Å². The molecule has 21 heavy (non-hydrogen) atoms. The van der Waals surface area contributed by atoms with Gasteiger partial charge >= 0.3 is 0 Å². The molecule has 112 valence electrons. The van der Waals surface area contributed by atoms with E-state index in [2.05, 4.69) is 20.5 Å². The van der Waals surface area contributed by atoms with Crippen LogP contribution in [0.15, 0.2) is 29.4 Å². The van der Waals surface area contributed by atoms with Crippen LogP contribution in [-0.4, -0.2) is 33.4 Å². The Morgan fingerprint density at radius 2 is 2.24 bits per heavy atom. The number of benzene rings is 1. The van der Waals surface area contributed by atoms with E-state index in [4.69, 9.17) is 4.74 Å². The van der Waals surface area contributed by atoms with Crippen LogP contribution in [0.5, 0.6) is 5.75 Å². The van der Waals surface area contributed by atoms with E-state index < -0.39 is 0 Å². The first-order valence-electron chi connectivity index (χ1n) is 6.55. The van der Waals surface area contributed by atoms with Gasteiger partial charge in [-0.3, -0.25) is 9.89 Å². The van der Waals surface area contributed by atoms with Crippen molar-refractivity contribution in [3.63, 3.8) is 0 Å². The van der Waals surface area contributed by atoms with Crippen LogP contribution in [0.1, 0.15) is 18.3 Å². The molecule has 0 radical (unpaired) electrons. The van der Waals surface area contributed by atoms with Gasteiger partial charge in [-0.1, -0.05) is 30.0 Å². The van der Waals surface area contributed by atoms with Gasteiger partial charge in [0.05, 0.1) is 12.4 Å². The van der Waals surface area contributed by atoms with Gasteiger partial charge < -0.3 is 10.1 Å². The van der Waals surface area contributed by atoms with E-state index >= 15 is 0 Å². The Balaban J connectivity index is 1.89. The maximum Gasteiger partial charge on any atom is 0.233 e. The molecule has 1 heterocycles. The summed E-state index contributed by atoms with van der Waals surface area (Å²) >= 11 is 1.32. The van der Waals surface area contributed by atoms with E-state index in [-0.39, 0.29) is 11.2 Å². The van der Waals surface area contributed by atoms with Crippen molar-refractivity contribution >= 4 is 17.7 Å². The second-order valence-corrected chi connectivity index (χ2v) is 5.80. The summed E-state index contributed by atoms with van der Waals surface area (Å²) < 4.78 is 5.26.